The normalized spacial score (nSPS) is 17.8. The molecule has 1 N–H and O–H groups in total. The van der Waals surface area contributed by atoms with Crippen molar-refractivity contribution in [1.82, 2.24) is 0 Å². The SMILES string of the molecule is O=C(O)CCCC1CCCCC1.[Pb]. The molecule has 0 amide bonds. The number of rotatable bonds is 4. The Morgan fingerprint density at radius 2 is 1.85 bits per heavy atom. The second-order valence-electron chi connectivity index (χ2n) is 3.79. The second kappa shape index (κ2) is 7.76. The molecule has 0 aromatic heterocycles. The summed E-state index contributed by atoms with van der Waals surface area (Å²) in [6, 6.07) is 0. The van der Waals surface area contributed by atoms with Crippen LogP contribution in [0.2, 0.25) is 0 Å². The maximum atomic E-state index is 10.2. The predicted octanol–water partition coefficient (Wildman–Crippen LogP) is 2.44. The molecule has 13 heavy (non-hydrogen) atoms. The van der Waals surface area contributed by atoms with Gasteiger partial charge in [0, 0.05) is 33.7 Å². The van der Waals surface area contributed by atoms with Crippen molar-refractivity contribution >= 4 is 33.3 Å². The zero-order valence-electron chi connectivity index (χ0n) is 8.09. The average Bonchev–Trinajstić information content (AvgIpc) is 2.05. The quantitative estimate of drug-likeness (QED) is 0.764. The van der Waals surface area contributed by atoms with Gasteiger partial charge < -0.3 is 5.11 Å². The van der Waals surface area contributed by atoms with E-state index in [4.69, 9.17) is 5.11 Å². The van der Waals surface area contributed by atoms with Crippen LogP contribution in [0.1, 0.15) is 51.4 Å². The van der Waals surface area contributed by atoms with Crippen LogP contribution in [0.5, 0.6) is 0 Å². The molecule has 0 aromatic rings. The summed E-state index contributed by atoms with van der Waals surface area (Å²) < 4.78 is 0. The molecule has 0 unspecified atom stereocenters. The maximum Gasteiger partial charge on any atom is 0.303 e. The minimum absolute atomic E-state index is 0. The molecule has 0 atom stereocenters. The first-order valence-electron chi connectivity index (χ1n) is 5.01. The zero-order chi connectivity index (χ0) is 8.81. The molecule has 1 fully saturated rings. The van der Waals surface area contributed by atoms with Gasteiger partial charge in [0.25, 0.3) is 0 Å². The van der Waals surface area contributed by atoms with Crippen molar-refractivity contribution in [1.29, 1.82) is 0 Å². The van der Waals surface area contributed by atoms with Crippen molar-refractivity contribution < 1.29 is 9.90 Å². The van der Waals surface area contributed by atoms with Crippen LogP contribution in [-0.4, -0.2) is 38.4 Å². The van der Waals surface area contributed by atoms with Crippen LogP contribution in [0.4, 0.5) is 0 Å². The number of carbonyl (C=O) groups is 1. The van der Waals surface area contributed by atoms with Gasteiger partial charge in [-0.15, -0.1) is 0 Å². The van der Waals surface area contributed by atoms with Gasteiger partial charge in [-0.05, 0) is 18.8 Å². The van der Waals surface area contributed by atoms with Gasteiger partial charge in [0.15, 0.2) is 0 Å². The van der Waals surface area contributed by atoms with Crippen LogP contribution < -0.4 is 0 Å². The number of aliphatic carboxylic acids is 1. The van der Waals surface area contributed by atoms with E-state index in [0.717, 1.165) is 18.8 Å². The summed E-state index contributed by atoms with van der Waals surface area (Å²) in [6.07, 6.45) is 9.13. The fraction of sp³-hybridized carbons (Fsp3) is 0.900. The van der Waals surface area contributed by atoms with Gasteiger partial charge in [0.05, 0.1) is 0 Å². The summed E-state index contributed by atoms with van der Waals surface area (Å²) in [5, 5.41) is 8.44. The van der Waals surface area contributed by atoms with Gasteiger partial charge in [-0.2, -0.15) is 0 Å². The van der Waals surface area contributed by atoms with Crippen molar-refractivity contribution in [3.05, 3.63) is 0 Å². The topological polar surface area (TPSA) is 37.3 Å². The van der Waals surface area contributed by atoms with Crippen LogP contribution >= 0.6 is 0 Å². The van der Waals surface area contributed by atoms with E-state index in [9.17, 15) is 4.79 Å². The van der Waals surface area contributed by atoms with Gasteiger partial charge >= 0.3 is 5.97 Å². The molecule has 1 aliphatic carbocycles. The zero-order valence-corrected chi connectivity index (χ0v) is 12.0. The third kappa shape index (κ3) is 6.46. The molecule has 1 saturated carbocycles. The number of hydrogen-bond donors (Lipinski definition) is 1. The van der Waals surface area contributed by atoms with Gasteiger partial charge in [-0.1, -0.05) is 32.1 Å². The Balaban J connectivity index is 0.00000144. The molecule has 0 bridgehead atoms. The van der Waals surface area contributed by atoms with E-state index in [-0.39, 0.29) is 27.3 Å². The Labute approximate surface area is 100 Å². The number of carboxylic acid groups (broad SMARTS) is 1. The fourth-order valence-electron chi connectivity index (χ4n) is 2.02. The Morgan fingerprint density at radius 3 is 2.38 bits per heavy atom. The van der Waals surface area contributed by atoms with Crippen molar-refractivity contribution in [2.45, 2.75) is 51.4 Å². The summed E-state index contributed by atoms with van der Waals surface area (Å²) in [4.78, 5) is 10.2. The molecule has 0 heterocycles. The number of carboxylic acids is 1. The average molecular weight is 377 g/mol. The van der Waals surface area contributed by atoms with E-state index in [1.165, 1.54) is 32.1 Å². The molecule has 3 heteroatoms. The van der Waals surface area contributed by atoms with E-state index >= 15 is 0 Å². The summed E-state index contributed by atoms with van der Waals surface area (Å²) in [5.41, 5.74) is 0. The first kappa shape index (κ1) is 13.4. The number of hydrogen-bond acceptors (Lipinski definition) is 1. The molecule has 4 radical (unpaired) electrons. The van der Waals surface area contributed by atoms with Crippen molar-refractivity contribution in [3.63, 3.8) is 0 Å². The largest absolute Gasteiger partial charge is 0.481 e. The minimum atomic E-state index is -0.647. The van der Waals surface area contributed by atoms with Gasteiger partial charge in [0.1, 0.15) is 0 Å². The van der Waals surface area contributed by atoms with Crippen LogP contribution in [0.3, 0.4) is 0 Å². The Morgan fingerprint density at radius 1 is 1.23 bits per heavy atom. The standard InChI is InChI=1S/C10H18O2.Pb/c11-10(12)8-4-7-9-5-2-1-3-6-9;/h9H,1-8H2,(H,11,12);. The van der Waals surface area contributed by atoms with Crippen molar-refractivity contribution in [2.75, 3.05) is 0 Å². The van der Waals surface area contributed by atoms with Crippen molar-refractivity contribution in [3.8, 4) is 0 Å². The molecule has 1 aliphatic rings. The monoisotopic (exact) mass is 378 g/mol. The molecule has 0 spiro atoms. The van der Waals surface area contributed by atoms with Crippen LogP contribution in [0, 0.1) is 5.92 Å². The van der Waals surface area contributed by atoms with Gasteiger partial charge in [-0.3, -0.25) is 4.79 Å². The van der Waals surface area contributed by atoms with Crippen LogP contribution in [-0.2, 0) is 4.79 Å². The maximum absolute atomic E-state index is 10.2. The minimum Gasteiger partial charge on any atom is -0.481 e. The van der Waals surface area contributed by atoms with E-state index < -0.39 is 5.97 Å². The molecule has 74 valence electrons. The van der Waals surface area contributed by atoms with E-state index in [2.05, 4.69) is 0 Å². The molecule has 2 nitrogen and oxygen atoms in total. The molecular formula is C10H18O2Pb. The Hall–Kier alpha value is 0.392. The van der Waals surface area contributed by atoms with E-state index in [1.807, 2.05) is 0 Å². The summed E-state index contributed by atoms with van der Waals surface area (Å²) in [5.74, 6) is 0.184. The Kier molecular flexibility index (Phi) is 8.00. The smallest absolute Gasteiger partial charge is 0.303 e. The first-order valence-corrected chi connectivity index (χ1v) is 5.01. The van der Waals surface area contributed by atoms with Gasteiger partial charge in [-0.25, -0.2) is 0 Å². The molecule has 0 saturated heterocycles. The van der Waals surface area contributed by atoms with Gasteiger partial charge in [0.2, 0.25) is 0 Å². The summed E-state index contributed by atoms with van der Waals surface area (Å²) in [6.45, 7) is 0. The molecule has 1 rings (SSSR count). The third-order valence-electron chi connectivity index (χ3n) is 2.73. The predicted molar refractivity (Wildman–Crippen MR) is 53.8 cm³/mol. The molecule has 0 aliphatic heterocycles. The fourth-order valence-corrected chi connectivity index (χ4v) is 2.02. The molecule has 0 aromatic carbocycles. The molecular weight excluding hydrogens is 359 g/mol. The van der Waals surface area contributed by atoms with Crippen LogP contribution in [0.15, 0.2) is 0 Å². The van der Waals surface area contributed by atoms with Crippen LogP contribution in [0.25, 0.3) is 0 Å². The van der Waals surface area contributed by atoms with E-state index in [0.29, 0.717) is 6.42 Å². The van der Waals surface area contributed by atoms with Crippen molar-refractivity contribution in [2.24, 2.45) is 5.92 Å². The third-order valence-corrected chi connectivity index (χ3v) is 2.73. The first-order chi connectivity index (χ1) is 5.79. The Bertz CT molecular complexity index is 142. The summed E-state index contributed by atoms with van der Waals surface area (Å²) >= 11 is 0. The second-order valence-corrected chi connectivity index (χ2v) is 3.79. The van der Waals surface area contributed by atoms with E-state index in [1.54, 1.807) is 0 Å². The summed E-state index contributed by atoms with van der Waals surface area (Å²) in [7, 11) is 0.